The van der Waals surface area contributed by atoms with Crippen molar-refractivity contribution in [3.8, 4) is 0 Å². The van der Waals surface area contributed by atoms with Crippen molar-refractivity contribution in [3.05, 3.63) is 96.1 Å². The fourth-order valence-corrected chi connectivity index (χ4v) is 5.15. The number of aryl methyl sites for hydroxylation is 1. The van der Waals surface area contributed by atoms with Crippen molar-refractivity contribution in [1.29, 1.82) is 0 Å². The zero-order valence-corrected chi connectivity index (χ0v) is 21.0. The highest BCUT2D eigenvalue weighted by Gasteiger charge is 2.32. The number of hydrogen-bond donors (Lipinski definition) is 1. The first kappa shape index (κ1) is 26.0. The van der Waals surface area contributed by atoms with E-state index < -0.39 is 28.5 Å². The maximum atomic E-state index is 13.6. The van der Waals surface area contributed by atoms with E-state index in [-0.39, 0.29) is 17.3 Å². The second-order valence-corrected chi connectivity index (χ2v) is 10.0. The van der Waals surface area contributed by atoms with E-state index in [0.717, 1.165) is 21.9 Å². The summed E-state index contributed by atoms with van der Waals surface area (Å²) in [6, 6.07) is 23.6. The molecule has 3 aromatic rings. The van der Waals surface area contributed by atoms with Crippen LogP contribution in [0.5, 0.6) is 0 Å². The molecule has 0 aromatic heterocycles. The van der Waals surface area contributed by atoms with Crippen LogP contribution in [-0.4, -0.2) is 44.8 Å². The van der Waals surface area contributed by atoms with Gasteiger partial charge in [0.05, 0.1) is 10.6 Å². The normalized spacial score (nSPS) is 12.0. The Morgan fingerprint density at radius 1 is 0.857 bits per heavy atom. The van der Waals surface area contributed by atoms with Gasteiger partial charge in [0, 0.05) is 13.6 Å². The molecule has 7 nitrogen and oxygen atoms in total. The molecule has 0 spiro atoms. The number of likely N-dealkylation sites (N-methyl/N-ethyl adjacent to an activating group) is 1. The SMILES string of the molecule is CCc1ccc(N(CC(=O)N(Cc2ccccc2)[C@H](C)C(=O)NC)S(=O)(=O)c2ccccc2)cc1. The molecular formula is C27H31N3O4S. The second-order valence-electron chi connectivity index (χ2n) is 8.14. The summed E-state index contributed by atoms with van der Waals surface area (Å²) < 4.78 is 28.4. The maximum absolute atomic E-state index is 13.6. The Balaban J connectivity index is 2.01. The largest absolute Gasteiger partial charge is 0.357 e. The van der Waals surface area contributed by atoms with E-state index in [1.165, 1.54) is 24.1 Å². The van der Waals surface area contributed by atoms with Crippen molar-refractivity contribution in [2.24, 2.45) is 0 Å². The van der Waals surface area contributed by atoms with Gasteiger partial charge in [0.2, 0.25) is 11.8 Å². The average Bonchev–Trinajstić information content (AvgIpc) is 2.90. The Hall–Kier alpha value is -3.65. The van der Waals surface area contributed by atoms with Crippen LogP contribution in [0.25, 0.3) is 0 Å². The number of carbonyl (C=O) groups excluding carboxylic acids is 2. The van der Waals surface area contributed by atoms with Crippen LogP contribution >= 0.6 is 0 Å². The van der Waals surface area contributed by atoms with Crippen molar-refractivity contribution in [1.82, 2.24) is 10.2 Å². The minimum atomic E-state index is -4.04. The van der Waals surface area contributed by atoms with E-state index in [9.17, 15) is 18.0 Å². The predicted molar refractivity (Wildman–Crippen MR) is 137 cm³/mol. The summed E-state index contributed by atoms with van der Waals surface area (Å²) in [7, 11) is -2.54. The van der Waals surface area contributed by atoms with Crippen LogP contribution in [0.3, 0.4) is 0 Å². The first-order valence-electron chi connectivity index (χ1n) is 11.5. The lowest BCUT2D eigenvalue weighted by Gasteiger charge is -2.31. The van der Waals surface area contributed by atoms with Crippen LogP contribution in [0.4, 0.5) is 5.69 Å². The van der Waals surface area contributed by atoms with E-state index in [1.807, 2.05) is 49.4 Å². The predicted octanol–water partition coefficient (Wildman–Crippen LogP) is 3.61. The molecule has 8 heteroatoms. The smallest absolute Gasteiger partial charge is 0.264 e. The third kappa shape index (κ3) is 6.27. The zero-order chi connectivity index (χ0) is 25.4. The lowest BCUT2D eigenvalue weighted by molar-refractivity contribution is -0.139. The lowest BCUT2D eigenvalue weighted by atomic mass is 10.1. The van der Waals surface area contributed by atoms with Crippen LogP contribution in [-0.2, 0) is 32.6 Å². The van der Waals surface area contributed by atoms with Gasteiger partial charge in [0.25, 0.3) is 10.0 Å². The monoisotopic (exact) mass is 493 g/mol. The summed E-state index contributed by atoms with van der Waals surface area (Å²) in [5, 5.41) is 2.57. The molecule has 0 fully saturated rings. The van der Waals surface area contributed by atoms with Gasteiger partial charge in [-0.1, -0.05) is 67.6 Å². The minimum absolute atomic E-state index is 0.0846. The molecule has 0 saturated carbocycles. The van der Waals surface area contributed by atoms with Gasteiger partial charge in [-0.25, -0.2) is 8.42 Å². The van der Waals surface area contributed by atoms with E-state index in [1.54, 1.807) is 37.3 Å². The number of benzene rings is 3. The third-order valence-corrected chi connectivity index (χ3v) is 7.64. The Bertz CT molecular complexity index is 1230. The number of rotatable bonds is 10. The fourth-order valence-electron chi connectivity index (χ4n) is 3.72. The molecule has 1 atom stereocenters. The fraction of sp³-hybridized carbons (Fsp3) is 0.259. The maximum Gasteiger partial charge on any atom is 0.264 e. The molecule has 0 bridgehead atoms. The Kier molecular flexibility index (Phi) is 8.65. The molecule has 0 aliphatic heterocycles. The van der Waals surface area contributed by atoms with Crippen LogP contribution in [0, 0.1) is 0 Å². The first-order valence-corrected chi connectivity index (χ1v) is 12.9. The summed E-state index contributed by atoms with van der Waals surface area (Å²) in [4.78, 5) is 27.6. The van der Waals surface area contributed by atoms with Crippen LogP contribution in [0.2, 0.25) is 0 Å². The van der Waals surface area contributed by atoms with Crippen LogP contribution in [0.15, 0.2) is 89.8 Å². The molecule has 0 aliphatic carbocycles. The van der Waals surface area contributed by atoms with Crippen LogP contribution in [0.1, 0.15) is 25.0 Å². The molecule has 1 N–H and O–H groups in total. The zero-order valence-electron chi connectivity index (χ0n) is 20.2. The minimum Gasteiger partial charge on any atom is -0.357 e. The molecule has 184 valence electrons. The number of hydrogen-bond acceptors (Lipinski definition) is 4. The van der Waals surface area contributed by atoms with Gasteiger partial charge in [0.15, 0.2) is 0 Å². The van der Waals surface area contributed by atoms with Crippen molar-refractivity contribution < 1.29 is 18.0 Å². The van der Waals surface area contributed by atoms with Crippen molar-refractivity contribution in [3.63, 3.8) is 0 Å². The molecule has 0 aliphatic rings. The number of nitrogens with zero attached hydrogens (tertiary/aromatic N) is 2. The number of amides is 2. The highest BCUT2D eigenvalue weighted by molar-refractivity contribution is 7.92. The number of carbonyl (C=O) groups is 2. The standard InChI is InChI=1S/C27H31N3O4S/c1-4-22-15-17-24(18-16-22)30(35(33,34)25-13-9-6-10-14-25)20-26(31)29(21(2)27(32)28-3)19-23-11-7-5-8-12-23/h5-18,21H,4,19-20H2,1-3H3,(H,28,32)/t21-/m1/s1. The Morgan fingerprint density at radius 2 is 1.43 bits per heavy atom. The Labute approximate surface area is 207 Å². The number of sulfonamides is 1. The molecule has 3 rings (SSSR count). The summed E-state index contributed by atoms with van der Waals surface area (Å²) in [5.41, 5.74) is 2.27. The first-order chi connectivity index (χ1) is 16.8. The van der Waals surface area contributed by atoms with Gasteiger partial charge < -0.3 is 10.2 Å². The highest BCUT2D eigenvalue weighted by Crippen LogP contribution is 2.25. The van der Waals surface area contributed by atoms with E-state index >= 15 is 0 Å². The molecule has 3 aromatic carbocycles. The Morgan fingerprint density at radius 3 is 1.97 bits per heavy atom. The van der Waals surface area contributed by atoms with E-state index in [0.29, 0.717) is 5.69 Å². The van der Waals surface area contributed by atoms with Gasteiger partial charge >= 0.3 is 0 Å². The lowest BCUT2D eigenvalue weighted by Crippen LogP contribution is -2.50. The topological polar surface area (TPSA) is 86.8 Å². The molecule has 2 amide bonds. The summed E-state index contributed by atoms with van der Waals surface area (Å²) >= 11 is 0. The van der Waals surface area contributed by atoms with Gasteiger partial charge in [-0.15, -0.1) is 0 Å². The van der Waals surface area contributed by atoms with E-state index in [2.05, 4.69) is 5.32 Å². The van der Waals surface area contributed by atoms with Gasteiger partial charge in [-0.2, -0.15) is 0 Å². The van der Waals surface area contributed by atoms with Crippen molar-refractivity contribution in [2.75, 3.05) is 17.9 Å². The molecule has 0 saturated heterocycles. The number of anilines is 1. The summed E-state index contributed by atoms with van der Waals surface area (Å²) in [5.74, 6) is -0.817. The summed E-state index contributed by atoms with van der Waals surface area (Å²) in [6.07, 6.45) is 0.805. The quantitative estimate of drug-likeness (QED) is 0.468. The van der Waals surface area contributed by atoms with Gasteiger partial charge in [0.1, 0.15) is 12.6 Å². The molecule has 35 heavy (non-hydrogen) atoms. The molecule has 0 unspecified atom stereocenters. The molecule has 0 heterocycles. The van der Waals surface area contributed by atoms with Gasteiger partial charge in [-0.3, -0.25) is 13.9 Å². The van der Waals surface area contributed by atoms with Crippen LogP contribution < -0.4 is 9.62 Å². The number of nitrogens with one attached hydrogen (secondary N) is 1. The second kappa shape index (κ2) is 11.7. The third-order valence-electron chi connectivity index (χ3n) is 5.85. The van der Waals surface area contributed by atoms with Gasteiger partial charge in [-0.05, 0) is 48.7 Å². The van der Waals surface area contributed by atoms with Crippen molar-refractivity contribution >= 4 is 27.5 Å². The highest BCUT2D eigenvalue weighted by atomic mass is 32.2. The average molecular weight is 494 g/mol. The molecule has 0 radical (unpaired) electrons. The molecular weight excluding hydrogens is 462 g/mol. The summed E-state index contributed by atoms with van der Waals surface area (Å²) in [6.45, 7) is 3.36. The van der Waals surface area contributed by atoms with E-state index in [4.69, 9.17) is 0 Å². The van der Waals surface area contributed by atoms with Crippen molar-refractivity contribution in [2.45, 2.75) is 37.8 Å².